The molecular weight excluding hydrogens is 380 g/mol. The van der Waals surface area contributed by atoms with E-state index in [2.05, 4.69) is 21.0 Å². The van der Waals surface area contributed by atoms with Crippen LogP contribution in [0.2, 0.25) is 0 Å². The Labute approximate surface area is 107 Å². The monoisotopic (exact) mass is 385 g/mol. The zero-order chi connectivity index (χ0) is 11.4. The predicted molar refractivity (Wildman–Crippen MR) is 67.1 cm³/mol. The summed E-state index contributed by atoms with van der Waals surface area (Å²) in [4.78, 5) is 10.3. The zero-order valence-corrected chi connectivity index (χ0v) is 11.0. The average Bonchev–Trinajstić information content (AvgIpc) is 2.18. The van der Waals surface area contributed by atoms with E-state index >= 15 is 0 Å². The van der Waals surface area contributed by atoms with Crippen molar-refractivity contribution in [3.05, 3.63) is 31.6 Å². The minimum Gasteiger partial charge on any atom is -0.350 e. The first kappa shape index (κ1) is 12.4. The zero-order valence-electron chi connectivity index (χ0n) is 7.30. The molecule has 2 amide bonds. The lowest BCUT2D eigenvalue weighted by atomic mass is 10.2. The van der Waals surface area contributed by atoms with Gasteiger partial charge in [0.2, 0.25) is 0 Å². The average molecular weight is 386 g/mol. The summed E-state index contributed by atoms with van der Waals surface area (Å²) >= 11 is 4.90. The van der Waals surface area contributed by atoms with E-state index in [0.717, 1.165) is 0 Å². The Bertz CT molecular complexity index is 425. The summed E-state index contributed by atoms with van der Waals surface area (Å²) in [5.74, 6) is -0.362. The van der Waals surface area contributed by atoms with Crippen LogP contribution in [0, 0.1) is 9.39 Å². The molecule has 80 valence electrons. The van der Waals surface area contributed by atoms with Gasteiger partial charge in [-0.3, -0.25) is 0 Å². The van der Waals surface area contributed by atoms with E-state index < -0.39 is 6.03 Å². The summed E-state index contributed by atoms with van der Waals surface area (Å²) in [6.07, 6.45) is 1.32. The fraction of sp³-hybridized carbons (Fsp3) is 0. The van der Waals surface area contributed by atoms with E-state index in [0.29, 0.717) is 13.6 Å². The van der Waals surface area contributed by atoms with Gasteiger partial charge in [0, 0.05) is 5.56 Å². The number of nitrogens with zero attached hydrogens (tertiary/aromatic N) is 1. The van der Waals surface area contributed by atoms with Crippen molar-refractivity contribution in [1.82, 2.24) is 5.43 Å². The third-order valence-corrected chi connectivity index (χ3v) is 3.15. The molecule has 1 aromatic carbocycles. The Morgan fingerprint density at radius 1 is 1.67 bits per heavy atom. The summed E-state index contributed by atoms with van der Waals surface area (Å²) in [6, 6.07) is 2.46. The van der Waals surface area contributed by atoms with E-state index in [1.165, 1.54) is 6.21 Å². The normalized spacial score (nSPS) is 10.6. The van der Waals surface area contributed by atoms with Crippen LogP contribution in [0.25, 0.3) is 0 Å². The number of nitrogens with one attached hydrogen (secondary N) is 1. The number of hydrogen-bond donors (Lipinski definition) is 2. The number of nitrogens with two attached hydrogens (primary N) is 1. The summed E-state index contributed by atoms with van der Waals surface area (Å²) in [6.45, 7) is 0. The van der Waals surface area contributed by atoms with Crippen LogP contribution >= 0.6 is 38.5 Å². The first-order valence-electron chi connectivity index (χ1n) is 3.74. The van der Waals surface area contributed by atoms with Gasteiger partial charge >= 0.3 is 6.03 Å². The van der Waals surface area contributed by atoms with Crippen molar-refractivity contribution in [3.63, 3.8) is 0 Å². The largest absolute Gasteiger partial charge is 0.350 e. The van der Waals surface area contributed by atoms with Crippen LogP contribution in [0.3, 0.4) is 0 Å². The van der Waals surface area contributed by atoms with Crippen LogP contribution < -0.4 is 11.2 Å². The van der Waals surface area contributed by atoms with Gasteiger partial charge in [0.25, 0.3) is 0 Å². The lowest BCUT2D eigenvalue weighted by molar-refractivity contribution is 0.249. The molecule has 15 heavy (non-hydrogen) atoms. The quantitative estimate of drug-likeness (QED) is 0.348. The van der Waals surface area contributed by atoms with Crippen molar-refractivity contribution in [3.8, 4) is 0 Å². The maximum Gasteiger partial charge on any atom is 0.332 e. The second-order valence-corrected chi connectivity index (χ2v) is 4.43. The molecule has 0 aromatic heterocycles. The highest BCUT2D eigenvalue weighted by Gasteiger charge is 2.07. The minimum atomic E-state index is -0.765. The number of hydrogen-bond acceptors (Lipinski definition) is 2. The summed E-state index contributed by atoms with van der Waals surface area (Å²) in [7, 11) is 0. The van der Waals surface area contributed by atoms with Gasteiger partial charge in [-0.2, -0.15) is 5.10 Å². The van der Waals surface area contributed by atoms with Gasteiger partial charge in [-0.05, 0) is 44.6 Å². The number of carbonyl (C=O) groups is 1. The molecular formula is C8H6BrFIN3O. The highest BCUT2D eigenvalue weighted by Crippen LogP contribution is 2.22. The first-order chi connectivity index (χ1) is 7.02. The maximum absolute atomic E-state index is 13.3. The molecule has 0 fully saturated rings. The van der Waals surface area contributed by atoms with Crippen LogP contribution in [0.15, 0.2) is 21.7 Å². The Hall–Kier alpha value is -0.700. The van der Waals surface area contributed by atoms with Crippen molar-refractivity contribution < 1.29 is 9.18 Å². The second-order valence-electron chi connectivity index (χ2n) is 2.50. The number of rotatable bonds is 2. The number of amides is 2. The van der Waals surface area contributed by atoms with Crippen molar-refractivity contribution in [2.45, 2.75) is 0 Å². The molecule has 0 saturated heterocycles. The van der Waals surface area contributed by atoms with Crippen LogP contribution in [0.5, 0.6) is 0 Å². The van der Waals surface area contributed by atoms with E-state index in [1.807, 2.05) is 28.0 Å². The minimum absolute atomic E-state index is 0.362. The van der Waals surface area contributed by atoms with Crippen molar-refractivity contribution in [2.75, 3.05) is 0 Å². The standard InChI is InChI=1S/C8H6BrFIN3O/c9-5-2-1-4(7(11)6(5)10)3-13-14-8(12)15/h1-3H,(H3,12,14,15). The lowest BCUT2D eigenvalue weighted by Crippen LogP contribution is -2.24. The molecule has 1 rings (SSSR count). The SMILES string of the molecule is NC(=O)NN=Cc1ccc(Br)c(F)c1I. The van der Waals surface area contributed by atoms with Gasteiger partial charge in [-0.25, -0.2) is 14.6 Å². The fourth-order valence-corrected chi connectivity index (χ4v) is 2.12. The van der Waals surface area contributed by atoms with Gasteiger partial charge in [-0.15, -0.1) is 0 Å². The van der Waals surface area contributed by atoms with Crippen molar-refractivity contribution >= 4 is 50.8 Å². The van der Waals surface area contributed by atoms with Gasteiger partial charge in [0.15, 0.2) is 5.82 Å². The number of primary amides is 1. The van der Waals surface area contributed by atoms with Crippen LogP contribution in [-0.2, 0) is 0 Å². The molecule has 0 aliphatic rings. The van der Waals surface area contributed by atoms with Gasteiger partial charge in [-0.1, -0.05) is 6.07 Å². The summed E-state index contributed by atoms with van der Waals surface area (Å²) in [5, 5.41) is 3.54. The van der Waals surface area contributed by atoms with Gasteiger partial charge in [0.05, 0.1) is 14.3 Å². The molecule has 0 aliphatic carbocycles. The number of halogens is 3. The molecule has 7 heteroatoms. The van der Waals surface area contributed by atoms with Crippen molar-refractivity contribution in [1.29, 1.82) is 0 Å². The molecule has 3 N–H and O–H groups in total. The Morgan fingerprint density at radius 3 is 2.93 bits per heavy atom. The number of urea groups is 1. The third kappa shape index (κ3) is 3.42. The third-order valence-electron chi connectivity index (χ3n) is 1.44. The number of carbonyl (C=O) groups excluding carboxylic acids is 1. The highest BCUT2D eigenvalue weighted by molar-refractivity contribution is 14.1. The van der Waals surface area contributed by atoms with Crippen LogP contribution in [0.4, 0.5) is 9.18 Å². The fourth-order valence-electron chi connectivity index (χ4n) is 0.806. The van der Waals surface area contributed by atoms with E-state index in [1.54, 1.807) is 12.1 Å². The molecule has 0 aliphatic heterocycles. The topological polar surface area (TPSA) is 67.5 Å². The van der Waals surface area contributed by atoms with E-state index in [9.17, 15) is 9.18 Å². The molecule has 0 spiro atoms. The van der Waals surface area contributed by atoms with Gasteiger partial charge in [0.1, 0.15) is 0 Å². The predicted octanol–water partition coefficient (Wildman–Crippen LogP) is 2.19. The van der Waals surface area contributed by atoms with Gasteiger partial charge < -0.3 is 5.73 Å². The molecule has 0 bridgehead atoms. The Morgan fingerprint density at radius 2 is 2.33 bits per heavy atom. The van der Waals surface area contributed by atoms with Crippen LogP contribution in [-0.4, -0.2) is 12.2 Å². The smallest absolute Gasteiger partial charge is 0.332 e. The maximum atomic E-state index is 13.3. The molecule has 0 heterocycles. The molecule has 4 nitrogen and oxygen atoms in total. The van der Waals surface area contributed by atoms with Crippen molar-refractivity contribution in [2.24, 2.45) is 10.8 Å². The first-order valence-corrected chi connectivity index (χ1v) is 5.61. The van der Waals surface area contributed by atoms with E-state index in [-0.39, 0.29) is 5.82 Å². The van der Waals surface area contributed by atoms with Crippen LogP contribution in [0.1, 0.15) is 5.56 Å². The highest BCUT2D eigenvalue weighted by atomic mass is 127. The molecule has 0 radical (unpaired) electrons. The lowest BCUT2D eigenvalue weighted by Gasteiger charge is -2.01. The number of hydrazone groups is 1. The molecule has 0 atom stereocenters. The molecule has 0 saturated carbocycles. The summed E-state index contributed by atoms with van der Waals surface area (Å²) < 4.78 is 14.1. The Kier molecular flexibility index (Phi) is 4.45. The summed E-state index contributed by atoms with van der Waals surface area (Å²) in [5.41, 5.74) is 7.39. The van der Waals surface area contributed by atoms with E-state index in [4.69, 9.17) is 5.73 Å². The molecule has 0 unspecified atom stereocenters. The number of benzene rings is 1. The Balaban J connectivity index is 2.92. The molecule has 1 aromatic rings. The second kappa shape index (κ2) is 5.40.